The van der Waals surface area contributed by atoms with E-state index >= 15 is 0 Å². The van der Waals surface area contributed by atoms with Gasteiger partial charge in [0.25, 0.3) is 0 Å². The van der Waals surface area contributed by atoms with E-state index in [0.29, 0.717) is 47.0 Å². The Kier molecular flexibility index (Phi) is 16.0. The van der Waals surface area contributed by atoms with Crippen LogP contribution in [0.3, 0.4) is 0 Å². The van der Waals surface area contributed by atoms with Gasteiger partial charge in [-0.15, -0.1) is 13.2 Å². The second kappa shape index (κ2) is 21.4. The SMILES string of the molecule is C=C(C)C1CCC(CO)CC1.C=C[C@H]1CN2CC[C@H]1C[C@H]2[C@H](O)c1ccnc2ccc(OC)cc12.C=C[C@]1(C)CN2CCC1CC2[C@H](O)c1cccc2ccccc12.CC1(C)[C@@H]2CC[C@@]1(C)C[C@H]2O. The Balaban J connectivity index is 0.000000132. The van der Waals surface area contributed by atoms with Crippen molar-refractivity contribution in [1.82, 2.24) is 14.8 Å². The Morgan fingerprint density at radius 3 is 2.10 bits per heavy atom. The molecular formula is C61H85N3O5. The molecule has 0 radical (unpaired) electrons. The van der Waals surface area contributed by atoms with Gasteiger partial charge < -0.3 is 25.2 Å². The summed E-state index contributed by atoms with van der Waals surface area (Å²) >= 11 is 0. The topological polar surface area (TPSA) is 110 Å². The summed E-state index contributed by atoms with van der Waals surface area (Å²) in [6.07, 6.45) is 18.1. The van der Waals surface area contributed by atoms with E-state index in [1.54, 1.807) is 13.3 Å². The van der Waals surface area contributed by atoms with Crippen LogP contribution in [0.1, 0.15) is 129 Å². The van der Waals surface area contributed by atoms with E-state index in [4.69, 9.17) is 9.84 Å². The molecule has 0 amide bonds. The first-order chi connectivity index (χ1) is 33.0. The molecule has 8 nitrogen and oxygen atoms in total. The van der Waals surface area contributed by atoms with Gasteiger partial charge in [-0.3, -0.25) is 14.8 Å². The van der Waals surface area contributed by atoms with Crippen molar-refractivity contribution in [3.63, 3.8) is 0 Å². The first-order valence-corrected chi connectivity index (χ1v) is 26.5. The number of rotatable bonds is 9. The van der Waals surface area contributed by atoms with Crippen molar-refractivity contribution in [2.24, 2.45) is 51.8 Å². The number of allylic oxidation sites excluding steroid dienone is 1. The molecule has 3 aromatic carbocycles. The Hall–Kier alpha value is -3.89. The lowest BCUT2D eigenvalue weighted by molar-refractivity contribution is -0.0759. The Labute approximate surface area is 414 Å². The molecule has 374 valence electrons. The fraction of sp³-hybridized carbons (Fsp3) is 0.590. The van der Waals surface area contributed by atoms with Gasteiger partial charge in [0.15, 0.2) is 0 Å². The molecule has 6 bridgehead atoms. The zero-order chi connectivity index (χ0) is 49.3. The largest absolute Gasteiger partial charge is 0.497 e. The molecule has 4 N–H and O–H groups in total. The van der Waals surface area contributed by atoms with E-state index in [2.05, 4.69) is 124 Å². The summed E-state index contributed by atoms with van der Waals surface area (Å²) in [5.74, 6) is 4.53. The van der Waals surface area contributed by atoms with Crippen molar-refractivity contribution in [2.75, 3.05) is 39.9 Å². The number of methoxy groups -OCH3 is 1. The molecule has 8 heteroatoms. The summed E-state index contributed by atoms with van der Waals surface area (Å²) in [4.78, 5) is 9.34. The predicted octanol–water partition coefficient (Wildman–Crippen LogP) is 11.9. The molecule has 4 unspecified atom stereocenters. The number of ether oxygens (including phenoxy) is 1. The molecule has 13 atom stereocenters. The van der Waals surface area contributed by atoms with Crippen LogP contribution in [0.2, 0.25) is 0 Å². The summed E-state index contributed by atoms with van der Waals surface area (Å²) < 4.78 is 5.35. The van der Waals surface area contributed by atoms with E-state index in [0.717, 1.165) is 79.1 Å². The van der Waals surface area contributed by atoms with E-state index in [1.165, 1.54) is 67.7 Å². The molecule has 3 aliphatic carbocycles. The van der Waals surface area contributed by atoms with Crippen LogP contribution in [-0.4, -0.2) is 93.3 Å². The third-order valence-corrected chi connectivity index (χ3v) is 19.4. The molecule has 69 heavy (non-hydrogen) atoms. The smallest absolute Gasteiger partial charge is 0.119 e. The Bertz CT molecular complexity index is 2400. The third kappa shape index (κ3) is 10.4. The van der Waals surface area contributed by atoms with Crippen molar-refractivity contribution in [3.8, 4) is 5.75 Å². The molecular weight excluding hydrogens is 855 g/mol. The molecule has 9 aliphatic rings. The molecule has 13 rings (SSSR count). The first-order valence-electron chi connectivity index (χ1n) is 26.5. The van der Waals surface area contributed by atoms with Gasteiger partial charge in [-0.05, 0) is 183 Å². The molecule has 7 heterocycles. The molecule has 1 aromatic heterocycles. The highest BCUT2D eigenvalue weighted by Gasteiger charge is 2.60. The van der Waals surface area contributed by atoms with Gasteiger partial charge in [-0.25, -0.2) is 0 Å². The number of nitrogens with zero attached hydrogens (tertiary/aromatic N) is 3. The monoisotopic (exact) mass is 940 g/mol. The molecule has 6 saturated heterocycles. The number of benzene rings is 3. The third-order valence-electron chi connectivity index (χ3n) is 19.4. The van der Waals surface area contributed by atoms with Crippen LogP contribution in [0.25, 0.3) is 21.7 Å². The first kappa shape index (κ1) is 51.5. The number of aromatic nitrogens is 1. The molecule has 4 aromatic rings. The number of fused-ring (bicyclic) bond motifs is 10. The van der Waals surface area contributed by atoms with Crippen molar-refractivity contribution >= 4 is 21.7 Å². The van der Waals surface area contributed by atoms with E-state index in [9.17, 15) is 15.3 Å². The minimum atomic E-state index is -0.504. The normalized spacial score (nSPS) is 35.6. The van der Waals surface area contributed by atoms with Crippen molar-refractivity contribution in [1.29, 1.82) is 0 Å². The molecule has 9 fully saturated rings. The predicted molar refractivity (Wildman–Crippen MR) is 283 cm³/mol. The van der Waals surface area contributed by atoms with Crippen molar-refractivity contribution < 1.29 is 25.2 Å². The van der Waals surface area contributed by atoms with Crippen LogP contribution in [0.5, 0.6) is 5.75 Å². The number of hydrogen-bond donors (Lipinski definition) is 4. The maximum Gasteiger partial charge on any atom is 0.119 e. The van der Waals surface area contributed by atoms with Crippen LogP contribution >= 0.6 is 0 Å². The van der Waals surface area contributed by atoms with Gasteiger partial charge in [-0.1, -0.05) is 94.5 Å². The Morgan fingerprint density at radius 2 is 1.54 bits per heavy atom. The summed E-state index contributed by atoms with van der Waals surface area (Å²) in [5, 5.41) is 44.3. The number of aliphatic hydroxyl groups is 4. The number of pyridine rings is 1. The number of aliphatic hydroxyl groups excluding tert-OH is 4. The zero-order valence-electron chi connectivity index (χ0n) is 42.9. The van der Waals surface area contributed by atoms with Gasteiger partial charge in [0, 0.05) is 48.8 Å². The van der Waals surface area contributed by atoms with Gasteiger partial charge in [0.1, 0.15) is 5.75 Å². The standard InChI is InChI=1S/C21H25NO.C20H24N2O2.2C10H18O/c1-3-21(2)14-22-12-11-16(21)13-19(22)20(23)18-10-6-8-15-7-4-5-9-17(15)18;1-3-13-12-22-9-7-14(13)10-19(22)20(23)16-6-8-21-18-5-4-15(24-2)11-17(16)18;1-9(2)7-4-5-10(9,3)6-8(7)11;1-8(2)10-5-3-9(7-11)4-6-10/h3-10,16,19-20,23H,1,11-14H2,2H3;3-6,8,11,13-14,19-20,23H,1,7,9-10,12H2,2H3;7-8,11H,4-6H2,1-3H3;9-11H,1,3-7H2,2H3/t16?,19?,20-,21-;13-,14-,19-,20+;7-,8-,10+;/m101./s1. The van der Waals surface area contributed by atoms with Crippen LogP contribution in [-0.2, 0) is 0 Å². The molecule has 6 aliphatic heterocycles. The summed E-state index contributed by atoms with van der Waals surface area (Å²) in [7, 11) is 1.66. The minimum Gasteiger partial charge on any atom is -0.497 e. The fourth-order valence-corrected chi connectivity index (χ4v) is 14.2. The average molecular weight is 940 g/mol. The van der Waals surface area contributed by atoms with Crippen LogP contribution in [0.15, 0.2) is 110 Å². The zero-order valence-corrected chi connectivity index (χ0v) is 42.9. The van der Waals surface area contributed by atoms with E-state index in [1.807, 2.05) is 24.3 Å². The maximum atomic E-state index is 11.2. The van der Waals surface area contributed by atoms with Crippen LogP contribution in [0.4, 0.5) is 0 Å². The summed E-state index contributed by atoms with van der Waals surface area (Å²) in [6.45, 7) is 28.0. The van der Waals surface area contributed by atoms with Gasteiger partial charge in [0.05, 0.1) is 30.9 Å². The Morgan fingerprint density at radius 1 is 0.841 bits per heavy atom. The quantitative estimate of drug-likeness (QED) is 0.123. The van der Waals surface area contributed by atoms with Crippen LogP contribution in [0, 0.1) is 51.8 Å². The van der Waals surface area contributed by atoms with E-state index in [-0.39, 0.29) is 23.6 Å². The maximum absolute atomic E-state index is 11.2. The molecule has 0 spiro atoms. The summed E-state index contributed by atoms with van der Waals surface area (Å²) in [5.41, 5.74) is 5.25. The lowest BCUT2D eigenvalue weighted by Crippen LogP contribution is -2.58. The number of hydrogen-bond acceptors (Lipinski definition) is 8. The molecule has 3 saturated carbocycles. The van der Waals surface area contributed by atoms with Gasteiger partial charge in [0.2, 0.25) is 0 Å². The van der Waals surface area contributed by atoms with Gasteiger partial charge >= 0.3 is 0 Å². The fourth-order valence-electron chi connectivity index (χ4n) is 14.2. The second-order valence-electron chi connectivity index (χ2n) is 23.4. The highest BCUT2D eigenvalue weighted by atomic mass is 16.5. The lowest BCUT2D eigenvalue weighted by Gasteiger charge is -2.55. The highest BCUT2D eigenvalue weighted by molar-refractivity contribution is 5.86. The summed E-state index contributed by atoms with van der Waals surface area (Å²) in [6, 6.07) is 22.8. The average Bonchev–Trinajstić information content (AvgIpc) is 3.71. The van der Waals surface area contributed by atoms with Crippen LogP contribution < -0.4 is 4.74 Å². The van der Waals surface area contributed by atoms with E-state index < -0.39 is 12.2 Å². The number of piperidine rings is 6. The highest BCUT2D eigenvalue weighted by Crippen LogP contribution is 2.65. The van der Waals surface area contributed by atoms with Gasteiger partial charge in [-0.2, -0.15) is 0 Å². The second-order valence-corrected chi connectivity index (χ2v) is 23.4. The van der Waals surface area contributed by atoms with Crippen molar-refractivity contribution in [3.05, 3.63) is 122 Å². The van der Waals surface area contributed by atoms with Crippen molar-refractivity contribution in [2.45, 2.75) is 136 Å². The minimum absolute atomic E-state index is 0.0104. The lowest BCUT2D eigenvalue weighted by atomic mass is 9.64.